The second-order valence-corrected chi connectivity index (χ2v) is 2.64. The van der Waals surface area contributed by atoms with E-state index in [0.29, 0.717) is 9.28 Å². The zero-order valence-corrected chi connectivity index (χ0v) is 6.80. The van der Waals surface area contributed by atoms with Crippen LogP contribution in [-0.2, 0) is 0 Å². The predicted molar refractivity (Wildman–Crippen MR) is 36.1 cm³/mol. The molecule has 11 heavy (non-hydrogen) atoms. The van der Waals surface area contributed by atoms with Crippen LogP contribution in [0, 0.1) is 0 Å². The summed E-state index contributed by atoms with van der Waals surface area (Å²) in [6.45, 7) is 0. The first-order valence-electron chi connectivity index (χ1n) is 2.74. The van der Waals surface area contributed by atoms with E-state index in [0.717, 1.165) is 6.20 Å². The first-order chi connectivity index (χ1) is 5.11. The summed E-state index contributed by atoms with van der Waals surface area (Å²) in [4.78, 5) is 0. The maximum atomic E-state index is 12.4. The molecule has 62 valence electrons. The zero-order valence-electron chi connectivity index (χ0n) is 5.22. The third-order valence-electron chi connectivity index (χ3n) is 1.04. The van der Waals surface area contributed by atoms with E-state index in [1.807, 2.05) is 0 Å². The van der Waals surface area contributed by atoms with Crippen LogP contribution in [0.2, 0.25) is 0 Å². The minimum absolute atomic E-state index is 0.334. The van der Waals surface area contributed by atoms with Gasteiger partial charge in [0.15, 0.2) is 0 Å². The first-order valence-corrected chi connectivity index (χ1v) is 3.53. The lowest BCUT2D eigenvalue weighted by Crippen LogP contribution is -2.12. The summed E-state index contributed by atoms with van der Waals surface area (Å²) in [5, 5.41) is 3.41. The number of halogens is 4. The van der Waals surface area contributed by atoms with E-state index >= 15 is 0 Å². The molecule has 0 saturated heterocycles. The Bertz CT molecular complexity index is 237. The third-order valence-corrected chi connectivity index (χ3v) is 1.46. The molecule has 0 fully saturated rings. The Morgan fingerprint density at radius 2 is 2.09 bits per heavy atom. The third kappa shape index (κ3) is 1.95. The normalized spacial score (nSPS) is 13.9. The summed E-state index contributed by atoms with van der Waals surface area (Å²) in [5.41, 5.74) is 0. The lowest BCUT2D eigenvalue weighted by Gasteiger charge is -2.05. The zero-order chi connectivity index (χ0) is 8.43. The molecule has 1 aromatic rings. The molecule has 0 aliphatic carbocycles. The summed E-state index contributed by atoms with van der Waals surface area (Å²) < 4.78 is 36.6. The van der Waals surface area contributed by atoms with E-state index in [2.05, 4.69) is 21.0 Å². The molecule has 0 saturated carbocycles. The molecule has 0 radical (unpaired) electrons. The average Bonchev–Trinajstić information content (AvgIpc) is 2.34. The molecule has 0 N–H and O–H groups in total. The van der Waals surface area contributed by atoms with Crippen molar-refractivity contribution in [2.24, 2.45) is 0 Å². The van der Waals surface area contributed by atoms with Crippen LogP contribution in [0.1, 0.15) is 6.30 Å². The molecular formula is C5H4BrF3N2. The number of nitrogens with zero attached hydrogens (tertiary/aromatic N) is 2. The highest BCUT2D eigenvalue weighted by Crippen LogP contribution is 2.18. The smallest absolute Gasteiger partial charge is 0.232 e. The van der Waals surface area contributed by atoms with Gasteiger partial charge in [0.2, 0.25) is 0 Å². The van der Waals surface area contributed by atoms with E-state index in [-0.39, 0.29) is 0 Å². The minimum Gasteiger partial charge on any atom is -0.232 e. The maximum Gasteiger partial charge on any atom is 0.289 e. The fourth-order valence-corrected chi connectivity index (χ4v) is 0.869. The van der Waals surface area contributed by atoms with Crippen molar-refractivity contribution < 1.29 is 13.2 Å². The topological polar surface area (TPSA) is 17.8 Å². The molecule has 6 heteroatoms. The number of aromatic nitrogens is 2. The van der Waals surface area contributed by atoms with E-state index in [4.69, 9.17) is 0 Å². The van der Waals surface area contributed by atoms with Crippen molar-refractivity contribution in [2.75, 3.05) is 0 Å². The molecule has 1 aromatic heterocycles. The summed E-state index contributed by atoms with van der Waals surface area (Å²) in [6, 6.07) is 1.38. The molecular weight excluding hydrogens is 225 g/mol. The lowest BCUT2D eigenvalue weighted by atomic mass is 10.6. The second kappa shape index (κ2) is 3.25. The fourth-order valence-electron chi connectivity index (χ4n) is 0.568. The van der Waals surface area contributed by atoms with Crippen molar-refractivity contribution in [2.45, 2.75) is 12.7 Å². The van der Waals surface area contributed by atoms with Crippen LogP contribution < -0.4 is 0 Å². The molecule has 0 amide bonds. The Morgan fingerprint density at radius 3 is 2.45 bits per heavy atom. The molecule has 2 nitrogen and oxygen atoms in total. The predicted octanol–water partition coefficient (Wildman–Crippen LogP) is 2.38. The molecule has 1 unspecified atom stereocenters. The largest absolute Gasteiger partial charge is 0.289 e. The van der Waals surface area contributed by atoms with Crippen LogP contribution in [0.25, 0.3) is 0 Å². The van der Waals surface area contributed by atoms with Crippen LogP contribution in [0.3, 0.4) is 0 Å². The summed E-state index contributed by atoms with van der Waals surface area (Å²) in [7, 11) is 0. The number of hydrogen-bond donors (Lipinski definition) is 0. The lowest BCUT2D eigenvalue weighted by molar-refractivity contribution is 0.000598. The van der Waals surface area contributed by atoms with Gasteiger partial charge in [-0.2, -0.15) is 5.10 Å². The van der Waals surface area contributed by atoms with Gasteiger partial charge >= 0.3 is 0 Å². The maximum absolute atomic E-state index is 12.4. The van der Waals surface area contributed by atoms with E-state index < -0.39 is 12.7 Å². The van der Waals surface area contributed by atoms with Gasteiger partial charge in [0, 0.05) is 6.20 Å². The van der Waals surface area contributed by atoms with Crippen LogP contribution in [-0.4, -0.2) is 16.2 Å². The molecule has 1 atom stereocenters. The van der Waals surface area contributed by atoms with Gasteiger partial charge in [-0.15, -0.1) is 0 Å². The summed E-state index contributed by atoms with van der Waals surface area (Å²) in [5.74, 6) is 0. The van der Waals surface area contributed by atoms with Gasteiger partial charge in [-0.05, 0) is 22.0 Å². The van der Waals surface area contributed by atoms with Crippen molar-refractivity contribution in [3.8, 4) is 0 Å². The Labute approximate surface area is 69.1 Å². The Hall–Kier alpha value is -0.520. The first kappa shape index (κ1) is 8.58. The minimum atomic E-state index is -3.04. The van der Waals surface area contributed by atoms with Gasteiger partial charge in [0.1, 0.15) is 4.60 Å². The standard InChI is InChI=1S/C5H4BrF3N2/c6-3-1-2-11(10-3)5(9)4(7)8/h1-2,4-5H. The number of hydrogen-bond acceptors (Lipinski definition) is 1. The Balaban J connectivity index is 2.76. The Kier molecular flexibility index (Phi) is 2.53. The van der Waals surface area contributed by atoms with Crippen molar-refractivity contribution in [3.05, 3.63) is 16.9 Å². The van der Waals surface area contributed by atoms with Crippen molar-refractivity contribution in [3.63, 3.8) is 0 Å². The second-order valence-electron chi connectivity index (χ2n) is 1.83. The van der Waals surface area contributed by atoms with Gasteiger partial charge in [0.05, 0.1) is 0 Å². The number of alkyl halides is 3. The van der Waals surface area contributed by atoms with Crippen molar-refractivity contribution >= 4 is 15.9 Å². The molecule has 0 aliphatic heterocycles. The molecule has 1 heterocycles. The summed E-state index contributed by atoms with van der Waals surface area (Å²) in [6.07, 6.45) is -4.26. The Morgan fingerprint density at radius 1 is 1.45 bits per heavy atom. The average molecular weight is 229 g/mol. The quantitative estimate of drug-likeness (QED) is 0.761. The van der Waals surface area contributed by atoms with Crippen molar-refractivity contribution in [1.29, 1.82) is 0 Å². The molecule has 0 aromatic carbocycles. The monoisotopic (exact) mass is 228 g/mol. The fraction of sp³-hybridized carbons (Fsp3) is 0.400. The highest BCUT2D eigenvalue weighted by atomic mass is 79.9. The van der Waals surface area contributed by atoms with E-state index in [1.165, 1.54) is 6.07 Å². The molecule has 1 rings (SSSR count). The van der Waals surface area contributed by atoms with Crippen molar-refractivity contribution in [1.82, 2.24) is 9.78 Å². The van der Waals surface area contributed by atoms with Gasteiger partial charge in [0.25, 0.3) is 12.7 Å². The SMILES string of the molecule is FC(F)C(F)n1ccc(Br)n1. The van der Waals surface area contributed by atoms with Crippen LogP contribution in [0.15, 0.2) is 16.9 Å². The molecule has 0 bridgehead atoms. The van der Waals surface area contributed by atoms with Gasteiger partial charge < -0.3 is 0 Å². The van der Waals surface area contributed by atoms with Gasteiger partial charge in [-0.1, -0.05) is 0 Å². The number of rotatable bonds is 2. The highest BCUT2D eigenvalue weighted by molar-refractivity contribution is 9.10. The van der Waals surface area contributed by atoms with E-state index in [1.54, 1.807) is 0 Å². The van der Waals surface area contributed by atoms with Crippen LogP contribution >= 0.6 is 15.9 Å². The molecule has 0 spiro atoms. The summed E-state index contributed by atoms with van der Waals surface area (Å²) >= 11 is 2.91. The van der Waals surface area contributed by atoms with Crippen LogP contribution in [0.5, 0.6) is 0 Å². The highest BCUT2D eigenvalue weighted by Gasteiger charge is 2.21. The van der Waals surface area contributed by atoms with Gasteiger partial charge in [-0.25, -0.2) is 17.9 Å². The molecule has 0 aliphatic rings. The van der Waals surface area contributed by atoms with Crippen LogP contribution in [0.4, 0.5) is 13.2 Å². The van der Waals surface area contributed by atoms with Gasteiger partial charge in [-0.3, -0.25) is 0 Å². The van der Waals surface area contributed by atoms with E-state index in [9.17, 15) is 13.2 Å².